The average molecular weight is 182 g/mol. The summed E-state index contributed by atoms with van der Waals surface area (Å²) in [5.74, 6) is -1.49. The van der Waals surface area contributed by atoms with E-state index in [0.717, 1.165) is 18.4 Å². The molecule has 0 radical (unpaired) electrons. The van der Waals surface area contributed by atoms with Crippen LogP contribution < -0.4 is 0 Å². The molecule has 2 heteroatoms. The van der Waals surface area contributed by atoms with Gasteiger partial charge >= 0.3 is 0 Å². The second-order valence-electron chi connectivity index (χ2n) is 4.04. The molecule has 1 aromatic carbocycles. The topological polar surface area (TPSA) is 0 Å². The quantitative estimate of drug-likeness (QED) is 0.624. The van der Waals surface area contributed by atoms with Crippen molar-refractivity contribution < 1.29 is 8.78 Å². The Balaban J connectivity index is 2.36. The van der Waals surface area contributed by atoms with Gasteiger partial charge in [0.1, 0.15) is 0 Å². The van der Waals surface area contributed by atoms with E-state index in [-0.39, 0.29) is 5.41 Å². The van der Waals surface area contributed by atoms with Crippen molar-refractivity contribution in [2.45, 2.75) is 31.6 Å². The van der Waals surface area contributed by atoms with E-state index < -0.39 is 11.6 Å². The SMILES string of the molecule is CC1(c2ccc(F)c(F)c2)CCC1. The molecule has 0 atom stereocenters. The van der Waals surface area contributed by atoms with Crippen molar-refractivity contribution in [3.8, 4) is 0 Å². The monoisotopic (exact) mass is 182 g/mol. The Kier molecular flexibility index (Phi) is 1.86. The van der Waals surface area contributed by atoms with Crippen molar-refractivity contribution in [3.63, 3.8) is 0 Å². The summed E-state index contributed by atoms with van der Waals surface area (Å²) in [5.41, 5.74) is 1.02. The molecular weight excluding hydrogens is 170 g/mol. The summed E-state index contributed by atoms with van der Waals surface area (Å²) in [5, 5.41) is 0. The molecule has 0 bridgehead atoms. The second kappa shape index (κ2) is 2.79. The first-order valence-corrected chi connectivity index (χ1v) is 4.57. The maximum Gasteiger partial charge on any atom is 0.159 e. The molecule has 1 fully saturated rings. The van der Waals surface area contributed by atoms with E-state index in [1.165, 1.54) is 18.6 Å². The van der Waals surface area contributed by atoms with E-state index in [4.69, 9.17) is 0 Å². The van der Waals surface area contributed by atoms with Gasteiger partial charge in [0, 0.05) is 0 Å². The smallest absolute Gasteiger partial charge is 0.159 e. The Morgan fingerprint density at radius 1 is 1.15 bits per heavy atom. The summed E-state index contributed by atoms with van der Waals surface area (Å²) < 4.78 is 25.5. The molecule has 0 nitrogen and oxygen atoms in total. The molecule has 0 aromatic heterocycles. The van der Waals surface area contributed by atoms with E-state index in [1.54, 1.807) is 6.07 Å². The number of hydrogen-bond acceptors (Lipinski definition) is 0. The molecule has 1 aliphatic carbocycles. The van der Waals surface area contributed by atoms with Crippen molar-refractivity contribution in [2.24, 2.45) is 0 Å². The minimum absolute atomic E-state index is 0.0918. The van der Waals surface area contributed by atoms with Gasteiger partial charge in [-0.2, -0.15) is 0 Å². The molecule has 1 aromatic rings. The van der Waals surface area contributed by atoms with Crippen LogP contribution in [0.15, 0.2) is 18.2 Å². The first-order valence-electron chi connectivity index (χ1n) is 4.57. The van der Waals surface area contributed by atoms with E-state index in [2.05, 4.69) is 6.92 Å². The fourth-order valence-electron chi connectivity index (χ4n) is 1.87. The van der Waals surface area contributed by atoms with Gasteiger partial charge in [-0.25, -0.2) is 8.78 Å². The van der Waals surface area contributed by atoms with Crippen LogP contribution in [0.4, 0.5) is 8.78 Å². The van der Waals surface area contributed by atoms with Crippen molar-refractivity contribution in [2.75, 3.05) is 0 Å². The van der Waals surface area contributed by atoms with Gasteiger partial charge in [-0.05, 0) is 36.0 Å². The fourth-order valence-corrected chi connectivity index (χ4v) is 1.87. The van der Waals surface area contributed by atoms with E-state index in [1.807, 2.05) is 0 Å². The van der Waals surface area contributed by atoms with Crippen LogP contribution in [-0.4, -0.2) is 0 Å². The van der Waals surface area contributed by atoms with Gasteiger partial charge in [0.15, 0.2) is 11.6 Å². The Labute approximate surface area is 76.6 Å². The third-order valence-electron chi connectivity index (χ3n) is 3.07. The fraction of sp³-hybridized carbons (Fsp3) is 0.455. The lowest BCUT2D eigenvalue weighted by Crippen LogP contribution is -2.30. The lowest BCUT2D eigenvalue weighted by molar-refractivity contribution is 0.270. The predicted octanol–water partition coefficient (Wildman–Crippen LogP) is 3.41. The van der Waals surface area contributed by atoms with Crippen molar-refractivity contribution in [1.29, 1.82) is 0 Å². The van der Waals surface area contributed by atoms with Crippen LogP contribution in [0.3, 0.4) is 0 Å². The van der Waals surface area contributed by atoms with Gasteiger partial charge < -0.3 is 0 Å². The summed E-state index contributed by atoms with van der Waals surface area (Å²) >= 11 is 0. The Morgan fingerprint density at radius 3 is 2.31 bits per heavy atom. The molecule has 0 spiro atoms. The standard InChI is InChI=1S/C11H12F2/c1-11(5-2-6-11)8-3-4-9(12)10(13)7-8/h3-4,7H,2,5-6H2,1H3. The second-order valence-corrected chi connectivity index (χ2v) is 4.04. The maximum atomic E-state index is 12.9. The minimum atomic E-state index is -0.758. The molecule has 0 saturated heterocycles. The number of rotatable bonds is 1. The lowest BCUT2D eigenvalue weighted by atomic mass is 9.66. The number of benzene rings is 1. The normalized spacial score (nSPS) is 19.6. The molecule has 0 amide bonds. The predicted molar refractivity (Wildman–Crippen MR) is 47.6 cm³/mol. The highest BCUT2D eigenvalue weighted by Gasteiger charge is 2.33. The summed E-state index contributed by atoms with van der Waals surface area (Å²) in [6.45, 7) is 2.10. The van der Waals surface area contributed by atoms with Gasteiger partial charge in [-0.15, -0.1) is 0 Å². The lowest BCUT2D eigenvalue weighted by Gasteiger charge is -2.38. The first kappa shape index (κ1) is 8.67. The molecule has 0 heterocycles. The van der Waals surface area contributed by atoms with E-state index >= 15 is 0 Å². The van der Waals surface area contributed by atoms with Crippen LogP contribution in [0, 0.1) is 11.6 Å². The molecule has 13 heavy (non-hydrogen) atoms. The number of halogens is 2. The first-order chi connectivity index (χ1) is 6.12. The van der Waals surface area contributed by atoms with Gasteiger partial charge in [0.25, 0.3) is 0 Å². The van der Waals surface area contributed by atoms with Crippen molar-refractivity contribution >= 4 is 0 Å². The Hall–Kier alpha value is -0.920. The third-order valence-corrected chi connectivity index (χ3v) is 3.07. The van der Waals surface area contributed by atoms with Crippen LogP contribution in [-0.2, 0) is 5.41 Å². The maximum absolute atomic E-state index is 12.9. The van der Waals surface area contributed by atoms with Crippen molar-refractivity contribution in [1.82, 2.24) is 0 Å². The molecule has 1 aliphatic rings. The zero-order valence-electron chi connectivity index (χ0n) is 7.61. The van der Waals surface area contributed by atoms with Crippen LogP contribution >= 0.6 is 0 Å². The van der Waals surface area contributed by atoms with Crippen LogP contribution in [0.25, 0.3) is 0 Å². The van der Waals surface area contributed by atoms with Gasteiger partial charge in [0.05, 0.1) is 0 Å². The summed E-state index contributed by atoms with van der Waals surface area (Å²) in [6, 6.07) is 4.24. The van der Waals surface area contributed by atoms with Gasteiger partial charge in [0.2, 0.25) is 0 Å². The highest BCUT2D eigenvalue weighted by atomic mass is 19.2. The number of hydrogen-bond donors (Lipinski definition) is 0. The zero-order chi connectivity index (χ0) is 9.47. The van der Waals surface area contributed by atoms with E-state index in [0.29, 0.717) is 0 Å². The van der Waals surface area contributed by atoms with Crippen LogP contribution in [0.2, 0.25) is 0 Å². The van der Waals surface area contributed by atoms with Gasteiger partial charge in [-0.1, -0.05) is 19.4 Å². The molecule has 1 saturated carbocycles. The van der Waals surface area contributed by atoms with Crippen LogP contribution in [0.5, 0.6) is 0 Å². The summed E-state index contributed by atoms with van der Waals surface area (Å²) in [7, 11) is 0. The van der Waals surface area contributed by atoms with E-state index in [9.17, 15) is 8.78 Å². The molecule has 0 N–H and O–H groups in total. The van der Waals surface area contributed by atoms with Crippen LogP contribution in [0.1, 0.15) is 31.7 Å². The third kappa shape index (κ3) is 1.34. The highest BCUT2D eigenvalue weighted by molar-refractivity contribution is 5.28. The molecular formula is C11H12F2. The Bertz CT molecular complexity index is 327. The Morgan fingerprint density at radius 2 is 1.85 bits per heavy atom. The van der Waals surface area contributed by atoms with Crippen molar-refractivity contribution in [3.05, 3.63) is 35.4 Å². The molecule has 2 rings (SSSR count). The molecule has 0 aliphatic heterocycles. The minimum Gasteiger partial charge on any atom is -0.204 e. The van der Waals surface area contributed by atoms with Gasteiger partial charge in [-0.3, -0.25) is 0 Å². The highest BCUT2D eigenvalue weighted by Crippen LogP contribution is 2.43. The largest absolute Gasteiger partial charge is 0.204 e. The zero-order valence-corrected chi connectivity index (χ0v) is 7.61. The molecule has 70 valence electrons. The molecule has 0 unspecified atom stereocenters. The average Bonchev–Trinajstić information content (AvgIpc) is 2.06. The summed E-state index contributed by atoms with van der Waals surface area (Å²) in [6.07, 6.45) is 3.35. The summed E-state index contributed by atoms with van der Waals surface area (Å²) in [4.78, 5) is 0.